The molecular weight excluding hydrogens is 416 g/mol. The van der Waals surface area contributed by atoms with Gasteiger partial charge in [0.15, 0.2) is 0 Å². The molecule has 0 spiro atoms. The van der Waals surface area contributed by atoms with E-state index in [1.807, 2.05) is 24.3 Å². The van der Waals surface area contributed by atoms with Crippen LogP contribution in [0.1, 0.15) is 12.0 Å². The summed E-state index contributed by atoms with van der Waals surface area (Å²) >= 11 is 0. The largest absolute Gasteiger partial charge is 0.385 e. The number of rotatable bonds is 8. The molecule has 5 rings (SSSR count). The van der Waals surface area contributed by atoms with E-state index in [2.05, 4.69) is 82.0 Å². The molecular formula is C30H26N4. The Hall–Kier alpha value is -4.31. The van der Waals surface area contributed by atoms with Gasteiger partial charge in [-0.3, -0.25) is 9.97 Å². The van der Waals surface area contributed by atoms with E-state index in [0.717, 1.165) is 58.7 Å². The van der Waals surface area contributed by atoms with E-state index in [4.69, 9.17) is 4.98 Å². The molecule has 2 aromatic carbocycles. The molecule has 4 heteroatoms. The van der Waals surface area contributed by atoms with Gasteiger partial charge in [-0.25, -0.2) is 4.98 Å². The Morgan fingerprint density at radius 1 is 0.559 bits per heavy atom. The highest BCUT2D eigenvalue weighted by atomic mass is 14.9. The minimum atomic E-state index is 0.926. The van der Waals surface area contributed by atoms with Crippen molar-refractivity contribution in [1.29, 1.82) is 0 Å². The number of aryl methyl sites for hydroxylation is 1. The lowest BCUT2D eigenvalue weighted by Crippen LogP contribution is -2.02. The lowest BCUT2D eigenvalue weighted by Gasteiger charge is -2.11. The molecule has 4 nitrogen and oxygen atoms in total. The maximum absolute atomic E-state index is 4.92. The number of pyridine rings is 3. The van der Waals surface area contributed by atoms with Gasteiger partial charge in [0.2, 0.25) is 0 Å². The molecule has 0 saturated carbocycles. The Labute approximate surface area is 200 Å². The summed E-state index contributed by atoms with van der Waals surface area (Å²) in [4.78, 5) is 13.2. The first-order chi connectivity index (χ1) is 16.8. The normalized spacial score (nSPS) is 10.7. The molecule has 0 fully saturated rings. The van der Waals surface area contributed by atoms with Crippen LogP contribution < -0.4 is 5.32 Å². The fourth-order valence-corrected chi connectivity index (χ4v) is 3.99. The second kappa shape index (κ2) is 10.5. The summed E-state index contributed by atoms with van der Waals surface area (Å²) in [6.07, 6.45) is 9.38. The Morgan fingerprint density at radius 3 is 1.74 bits per heavy atom. The third kappa shape index (κ3) is 5.36. The second-order valence-corrected chi connectivity index (χ2v) is 8.19. The molecule has 0 atom stereocenters. The molecule has 1 N–H and O–H groups in total. The second-order valence-electron chi connectivity index (χ2n) is 8.19. The molecule has 34 heavy (non-hydrogen) atoms. The molecule has 0 bridgehead atoms. The minimum absolute atomic E-state index is 0.926. The fourth-order valence-electron chi connectivity index (χ4n) is 3.99. The zero-order valence-electron chi connectivity index (χ0n) is 18.9. The van der Waals surface area contributed by atoms with Crippen LogP contribution in [-0.2, 0) is 6.42 Å². The molecule has 0 amide bonds. The van der Waals surface area contributed by atoms with Crippen molar-refractivity contribution in [2.45, 2.75) is 12.8 Å². The average Bonchev–Trinajstić information content (AvgIpc) is 2.93. The standard InChI is InChI=1S/C30H26N4/c1-2-5-23(6-3-1)7-4-16-33-28-10-8-24(9-11-28)27-21-29(25-12-17-31-18-13-25)34-30(22-27)26-14-19-32-20-15-26/h1-3,5-6,8-15,17-22,33H,4,7,16H2. The maximum Gasteiger partial charge on any atom is 0.0716 e. The summed E-state index contributed by atoms with van der Waals surface area (Å²) < 4.78 is 0. The summed E-state index contributed by atoms with van der Waals surface area (Å²) in [6, 6.07) is 31.5. The lowest BCUT2D eigenvalue weighted by molar-refractivity contribution is 0.863. The summed E-state index contributed by atoms with van der Waals surface area (Å²) in [5.41, 5.74) is 8.74. The van der Waals surface area contributed by atoms with Gasteiger partial charge in [0.1, 0.15) is 0 Å². The lowest BCUT2D eigenvalue weighted by atomic mass is 10.0. The SMILES string of the molecule is c1ccc(CCCNc2ccc(-c3cc(-c4ccncc4)nc(-c4ccncc4)c3)cc2)cc1. The quantitative estimate of drug-likeness (QED) is 0.265. The molecule has 0 unspecified atom stereocenters. The highest BCUT2D eigenvalue weighted by Gasteiger charge is 2.09. The van der Waals surface area contributed by atoms with E-state index >= 15 is 0 Å². The highest BCUT2D eigenvalue weighted by Crippen LogP contribution is 2.30. The molecule has 3 heterocycles. The number of aromatic nitrogens is 3. The van der Waals surface area contributed by atoms with Crippen LogP contribution in [0.15, 0.2) is 116 Å². The van der Waals surface area contributed by atoms with Gasteiger partial charge >= 0.3 is 0 Å². The fraction of sp³-hybridized carbons (Fsp3) is 0.100. The average molecular weight is 443 g/mol. The molecule has 0 aliphatic carbocycles. The third-order valence-electron chi connectivity index (χ3n) is 5.81. The third-order valence-corrected chi connectivity index (χ3v) is 5.81. The summed E-state index contributed by atoms with van der Waals surface area (Å²) in [7, 11) is 0. The van der Waals surface area contributed by atoms with Crippen LogP contribution in [-0.4, -0.2) is 21.5 Å². The molecule has 0 radical (unpaired) electrons. The topological polar surface area (TPSA) is 50.7 Å². The molecule has 0 aliphatic heterocycles. The van der Waals surface area contributed by atoms with E-state index in [1.54, 1.807) is 24.8 Å². The van der Waals surface area contributed by atoms with Crippen LogP contribution in [0.5, 0.6) is 0 Å². The van der Waals surface area contributed by atoms with E-state index in [-0.39, 0.29) is 0 Å². The van der Waals surface area contributed by atoms with Crippen LogP contribution in [0.4, 0.5) is 5.69 Å². The van der Waals surface area contributed by atoms with Gasteiger partial charge < -0.3 is 5.32 Å². The summed E-state index contributed by atoms with van der Waals surface area (Å²) in [6.45, 7) is 0.946. The number of hydrogen-bond acceptors (Lipinski definition) is 4. The van der Waals surface area contributed by atoms with E-state index in [0.29, 0.717) is 0 Å². The van der Waals surface area contributed by atoms with Gasteiger partial charge in [-0.1, -0.05) is 42.5 Å². The number of nitrogens with zero attached hydrogens (tertiary/aromatic N) is 3. The molecule has 5 aromatic rings. The van der Waals surface area contributed by atoms with Gasteiger partial charge in [-0.2, -0.15) is 0 Å². The number of benzene rings is 2. The number of anilines is 1. The summed E-state index contributed by atoms with van der Waals surface area (Å²) in [5.74, 6) is 0. The molecule has 166 valence electrons. The molecule has 0 saturated heterocycles. The summed E-state index contributed by atoms with van der Waals surface area (Å²) in [5, 5.41) is 3.54. The predicted octanol–water partition coefficient (Wildman–Crippen LogP) is 6.92. The highest BCUT2D eigenvalue weighted by molar-refractivity contribution is 5.77. The Morgan fingerprint density at radius 2 is 1.15 bits per heavy atom. The van der Waals surface area contributed by atoms with E-state index in [9.17, 15) is 0 Å². The Balaban J connectivity index is 1.35. The predicted molar refractivity (Wildman–Crippen MR) is 139 cm³/mol. The zero-order chi connectivity index (χ0) is 23.0. The molecule has 3 aromatic heterocycles. The first-order valence-corrected chi connectivity index (χ1v) is 11.6. The van der Waals surface area contributed by atoms with Gasteiger partial charge in [0, 0.05) is 48.1 Å². The Bertz CT molecular complexity index is 1260. The van der Waals surface area contributed by atoms with E-state index in [1.165, 1.54) is 5.56 Å². The van der Waals surface area contributed by atoms with Crippen molar-refractivity contribution >= 4 is 5.69 Å². The van der Waals surface area contributed by atoms with Gasteiger partial charge in [-0.15, -0.1) is 0 Å². The first kappa shape index (κ1) is 21.5. The monoisotopic (exact) mass is 442 g/mol. The van der Waals surface area contributed by atoms with Gasteiger partial charge in [0.05, 0.1) is 11.4 Å². The van der Waals surface area contributed by atoms with Crippen LogP contribution in [0.25, 0.3) is 33.6 Å². The van der Waals surface area contributed by atoms with Gasteiger partial charge in [0.25, 0.3) is 0 Å². The van der Waals surface area contributed by atoms with Crippen molar-refractivity contribution in [3.63, 3.8) is 0 Å². The van der Waals surface area contributed by atoms with Crippen LogP contribution in [0.3, 0.4) is 0 Å². The molecule has 0 aliphatic rings. The van der Waals surface area contributed by atoms with Crippen molar-refractivity contribution < 1.29 is 0 Å². The van der Waals surface area contributed by atoms with Crippen molar-refractivity contribution in [2.24, 2.45) is 0 Å². The number of hydrogen-bond donors (Lipinski definition) is 1. The van der Waals surface area contributed by atoms with Crippen LogP contribution in [0, 0.1) is 0 Å². The number of nitrogens with one attached hydrogen (secondary N) is 1. The minimum Gasteiger partial charge on any atom is -0.385 e. The Kier molecular flexibility index (Phi) is 6.67. The maximum atomic E-state index is 4.92. The van der Waals surface area contributed by atoms with Crippen molar-refractivity contribution in [1.82, 2.24) is 15.0 Å². The smallest absolute Gasteiger partial charge is 0.0716 e. The van der Waals surface area contributed by atoms with Crippen LogP contribution in [0.2, 0.25) is 0 Å². The van der Waals surface area contributed by atoms with Gasteiger partial charge in [-0.05, 0) is 78.1 Å². The van der Waals surface area contributed by atoms with Crippen molar-refractivity contribution in [3.05, 3.63) is 121 Å². The van der Waals surface area contributed by atoms with E-state index < -0.39 is 0 Å². The zero-order valence-corrected chi connectivity index (χ0v) is 18.9. The van der Waals surface area contributed by atoms with Crippen LogP contribution >= 0.6 is 0 Å². The van der Waals surface area contributed by atoms with Crippen molar-refractivity contribution in [3.8, 4) is 33.6 Å². The first-order valence-electron chi connectivity index (χ1n) is 11.6. The van der Waals surface area contributed by atoms with Crippen molar-refractivity contribution in [2.75, 3.05) is 11.9 Å².